The zero-order valence-corrected chi connectivity index (χ0v) is 11.7. The van der Waals surface area contributed by atoms with E-state index in [0.29, 0.717) is 5.75 Å². The summed E-state index contributed by atoms with van der Waals surface area (Å²) in [6, 6.07) is 7.48. The van der Waals surface area contributed by atoms with Crippen LogP contribution in [0.5, 0.6) is 5.75 Å². The molecule has 108 valence electrons. The minimum atomic E-state index is -0.280. The molecule has 1 N–H and O–H groups in total. The average molecular weight is 276 g/mol. The maximum absolute atomic E-state index is 11.7. The molecule has 0 unspecified atom stereocenters. The lowest BCUT2D eigenvalue weighted by Crippen LogP contribution is -2.40. The summed E-state index contributed by atoms with van der Waals surface area (Å²) in [5.74, 6) is 0.348. The lowest BCUT2D eigenvalue weighted by atomic mass is 10.2. The normalized spacial score (nSPS) is 14.2. The van der Waals surface area contributed by atoms with Gasteiger partial charge in [-0.25, -0.2) is 0 Å². The van der Waals surface area contributed by atoms with Crippen molar-refractivity contribution in [3.8, 4) is 5.75 Å². The number of nitrogens with zero attached hydrogens (tertiary/aromatic N) is 1. The van der Waals surface area contributed by atoms with Gasteiger partial charge in [-0.1, -0.05) is 17.7 Å². The van der Waals surface area contributed by atoms with Gasteiger partial charge in [-0.05, 0) is 31.9 Å². The summed E-state index contributed by atoms with van der Waals surface area (Å²) in [6.45, 7) is 3.57. The van der Waals surface area contributed by atoms with E-state index in [0.717, 1.165) is 31.5 Å². The van der Waals surface area contributed by atoms with Crippen molar-refractivity contribution in [2.24, 2.45) is 0 Å². The molecule has 5 nitrogen and oxygen atoms in total. The first-order chi connectivity index (χ1) is 9.65. The van der Waals surface area contributed by atoms with Gasteiger partial charge in [0.1, 0.15) is 5.75 Å². The van der Waals surface area contributed by atoms with E-state index < -0.39 is 0 Å². The van der Waals surface area contributed by atoms with E-state index in [1.807, 2.05) is 31.2 Å². The number of hydrogen-bond donors (Lipinski definition) is 1. The SMILES string of the molecule is Cc1ccc(OCC(=O)NCC(=O)N2CCCC2)cc1. The van der Waals surface area contributed by atoms with Gasteiger partial charge >= 0.3 is 0 Å². The van der Waals surface area contributed by atoms with E-state index >= 15 is 0 Å². The number of carbonyl (C=O) groups is 2. The predicted molar refractivity (Wildman–Crippen MR) is 75.5 cm³/mol. The number of carbonyl (C=O) groups excluding carboxylic acids is 2. The zero-order valence-electron chi connectivity index (χ0n) is 11.7. The Labute approximate surface area is 118 Å². The van der Waals surface area contributed by atoms with Gasteiger partial charge < -0.3 is 15.0 Å². The van der Waals surface area contributed by atoms with Gasteiger partial charge in [-0.2, -0.15) is 0 Å². The van der Waals surface area contributed by atoms with Gasteiger partial charge in [0.2, 0.25) is 5.91 Å². The van der Waals surface area contributed by atoms with Gasteiger partial charge in [0.15, 0.2) is 6.61 Å². The van der Waals surface area contributed by atoms with Crippen LogP contribution in [0.1, 0.15) is 18.4 Å². The highest BCUT2D eigenvalue weighted by molar-refractivity contribution is 5.85. The molecule has 0 aromatic heterocycles. The van der Waals surface area contributed by atoms with E-state index in [4.69, 9.17) is 4.74 Å². The second kappa shape index (κ2) is 6.93. The Hall–Kier alpha value is -2.04. The molecule has 0 saturated carbocycles. The topological polar surface area (TPSA) is 58.6 Å². The number of nitrogens with one attached hydrogen (secondary N) is 1. The third-order valence-corrected chi connectivity index (χ3v) is 3.29. The summed E-state index contributed by atoms with van der Waals surface area (Å²) in [6.07, 6.45) is 2.10. The average Bonchev–Trinajstić information content (AvgIpc) is 2.98. The van der Waals surface area contributed by atoms with E-state index in [1.54, 1.807) is 4.90 Å². The van der Waals surface area contributed by atoms with Crippen LogP contribution in [0.4, 0.5) is 0 Å². The fourth-order valence-corrected chi connectivity index (χ4v) is 2.09. The molecule has 1 aromatic rings. The highest BCUT2D eigenvalue weighted by Gasteiger charge is 2.18. The predicted octanol–water partition coefficient (Wildman–Crippen LogP) is 1.11. The maximum atomic E-state index is 11.7. The summed E-state index contributed by atoms with van der Waals surface area (Å²) >= 11 is 0. The molecule has 2 amide bonds. The second-order valence-corrected chi connectivity index (χ2v) is 4.97. The van der Waals surface area contributed by atoms with Crippen molar-refractivity contribution < 1.29 is 14.3 Å². The molecule has 1 aliphatic heterocycles. The van der Waals surface area contributed by atoms with Crippen LogP contribution in [0.2, 0.25) is 0 Å². The van der Waals surface area contributed by atoms with E-state index in [2.05, 4.69) is 5.32 Å². The molecule has 0 atom stereocenters. The minimum Gasteiger partial charge on any atom is -0.484 e. The number of amides is 2. The number of aryl methyl sites for hydroxylation is 1. The fraction of sp³-hybridized carbons (Fsp3) is 0.467. The molecular formula is C15H20N2O3. The van der Waals surface area contributed by atoms with Crippen molar-refractivity contribution in [1.82, 2.24) is 10.2 Å². The molecule has 1 aromatic carbocycles. The van der Waals surface area contributed by atoms with Crippen LogP contribution in [-0.2, 0) is 9.59 Å². The Morgan fingerprint density at radius 2 is 1.85 bits per heavy atom. The van der Waals surface area contributed by atoms with Gasteiger partial charge in [-0.15, -0.1) is 0 Å². The maximum Gasteiger partial charge on any atom is 0.258 e. The van der Waals surface area contributed by atoms with Crippen LogP contribution in [0.25, 0.3) is 0 Å². The lowest BCUT2D eigenvalue weighted by Gasteiger charge is -2.15. The van der Waals surface area contributed by atoms with E-state index in [-0.39, 0.29) is 25.0 Å². The Bertz CT molecular complexity index is 465. The quantitative estimate of drug-likeness (QED) is 0.876. The third-order valence-electron chi connectivity index (χ3n) is 3.29. The molecule has 0 spiro atoms. The first-order valence-electron chi connectivity index (χ1n) is 6.89. The summed E-state index contributed by atoms with van der Waals surface area (Å²) in [7, 11) is 0. The van der Waals surface area contributed by atoms with Crippen molar-refractivity contribution >= 4 is 11.8 Å². The molecule has 1 heterocycles. The van der Waals surface area contributed by atoms with Crippen LogP contribution >= 0.6 is 0 Å². The number of ether oxygens (including phenoxy) is 1. The number of likely N-dealkylation sites (tertiary alicyclic amines) is 1. The van der Waals surface area contributed by atoms with Crippen LogP contribution in [-0.4, -0.2) is 43.0 Å². The van der Waals surface area contributed by atoms with E-state index in [9.17, 15) is 9.59 Å². The van der Waals surface area contributed by atoms with E-state index in [1.165, 1.54) is 0 Å². The number of rotatable bonds is 5. The Morgan fingerprint density at radius 1 is 1.20 bits per heavy atom. The first kappa shape index (κ1) is 14.4. The Balaban J connectivity index is 1.67. The molecule has 5 heteroatoms. The molecule has 1 fully saturated rings. The molecule has 0 bridgehead atoms. The van der Waals surface area contributed by atoms with Crippen molar-refractivity contribution in [3.63, 3.8) is 0 Å². The molecule has 0 aliphatic carbocycles. The molecular weight excluding hydrogens is 256 g/mol. The fourth-order valence-electron chi connectivity index (χ4n) is 2.09. The first-order valence-corrected chi connectivity index (χ1v) is 6.89. The molecule has 0 radical (unpaired) electrons. The monoisotopic (exact) mass is 276 g/mol. The molecule has 1 saturated heterocycles. The largest absolute Gasteiger partial charge is 0.484 e. The number of benzene rings is 1. The van der Waals surface area contributed by atoms with Crippen LogP contribution in [0.15, 0.2) is 24.3 Å². The molecule has 20 heavy (non-hydrogen) atoms. The van der Waals surface area contributed by atoms with Crippen LogP contribution in [0, 0.1) is 6.92 Å². The summed E-state index contributed by atoms with van der Waals surface area (Å²) < 4.78 is 5.34. The van der Waals surface area contributed by atoms with Gasteiger partial charge in [0.25, 0.3) is 5.91 Å². The third kappa shape index (κ3) is 4.26. The Morgan fingerprint density at radius 3 is 2.50 bits per heavy atom. The highest BCUT2D eigenvalue weighted by Crippen LogP contribution is 2.11. The van der Waals surface area contributed by atoms with Crippen LogP contribution in [0.3, 0.4) is 0 Å². The Kier molecular flexibility index (Phi) is 4.98. The smallest absolute Gasteiger partial charge is 0.258 e. The van der Waals surface area contributed by atoms with Crippen molar-refractivity contribution in [2.45, 2.75) is 19.8 Å². The molecule has 1 aliphatic rings. The minimum absolute atomic E-state index is 0.0221. The van der Waals surface area contributed by atoms with Crippen LogP contribution < -0.4 is 10.1 Å². The zero-order chi connectivity index (χ0) is 14.4. The second-order valence-electron chi connectivity index (χ2n) is 4.97. The summed E-state index contributed by atoms with van der Waals surface area (Å²) in [4.78, 5) is 25.1. The van der Waals surface area contributed by atoms with Gasteiger partial charge in [-0.3, -0.25) is 9.59 Å². The van der Waals surface area contributed by atoms with Crippen molar-refractivity contribution in [3.05, 3.63) is 29.8 Å². The lowest BCUT2D eigenvalue weighted by molar-refractivity contribution is -0.132. The van der Waals surface area contributed by atoms with Crippen molar-refractivity contribution in [2.75, 3.05) is 26.2 Å². The van der Waals surface area contributed by atoms with Crippen molar-refractivity contribution in [1.29, 1.82) is 0 Å². The summed E-state index contributed by atoms with van der Waals surface area (Å²) in [5.41, 5.74) is 1.14. The van der Waals surface area contributed by atoms with Gasteiger partial charge in [0, 0.05) is 13.1 Å². The highest BCUT2D eigenvalue weighted by atomic mass is 16.5. The number of hydrogen-bond acceptors (Lipinski definition) is 3. The van der Waals surface area contributed by atoms with Gasteiger partial charge in [0.05, 0.1) is 6.54 Å². The molecule has 2 rings (SSSR count). The standard InChI is InChI=1S/C15H20N2O3/c1-12-4-6-13(7-5-12)20-11-14(18)16-10-15(19)17-8-2-3-9-17/h4-7H,2-3,8-11H2,1H3,(H,16,18). The summed E-state index contributed by atoms with van der Waals surface area (Å²) in [5, 5.41) is 2.59.